The fourth-order valence-corrected chi connectivity index (χ4v) is 4.20. The van der Waals surface area contributed by atoms with E-state index in [0.29, 0.717) is 5.92 Å². The Morgan fingerprint density at radius 3 is 2.38 bits per heavy atom. The minimum atomic E-state index is -0.187. The zero-order chi connectivity index (χ0) is 15.1. The summed E-state index contributed by atoms with van der Waals surface area (Å²) >= 11 is 3.45. The molecule has 0 bridgehead atoms. The van der Waals surface area contributed by atoms with Crippen LogP contribution in [-0.4, -0.2) is 16.7 Å². The first kappa shape index (κ1) is 14.8. The lowest BCUT2D eigenvalue weighted by atomic mass is 10.00. The molecule has 3 unspecified atom stereocenters. The summed E-state index contributed by atoms with van der Waals surface area (Å²) in [5.74, 6) is 0.465. The SMILES string of the molecule is CCC1CC2C(=O)N(C(C)c3cccc(Br)c3)C(=O)C2C1. The van der Waals surface area contributed by atoms with Crippen LogP contribution in [0.2, 0.25) is 0 Å². The Bertz CT molecular complexity index is 562. The molecule has 2 amide bonds. The molecule has 1 aromatic rings. The molecule has 2 aliphatic rings. The maximum Gasteiger partial charge on any atom is 0.233 e. The summed E-state index contributed by atoms with van der Waals surface area (Å²) < 4.78 is 0.970. The zero-order valence-electron chi connectivity index (χ0n) is 12.4. The predicted octanol–water partition coefficient (Wildman–Crippen LogP) is 3.93. The van der Waals surface area contributed by atoms with Crippen molar-refractivity contribution in [1.29, 1.82) is 0 Å². The van der Waals surface area contributed by atoms with Gasteiger partial charge < -0.3 is 0 Å². The van der Waals surface area contributed by atoms with Gasteiger partial charge in [-0.2, -0.15) is 0 Å². The quantitative estimate of drug-likeness (QED) is 0.775. The average Bonchev–Trinajstić information content (AvgIpc) is 2.99. The Morgan fingerprint density at radius 2 is 1.86 bits per heavy atom. The van der Waals surface area contributed by atoms with Crippen molar-refractivity contribution in [2.45, 2.75) is 39.2 Å². The fraction of sp³-hybridized carbons (Fsp3) is 0.529. The maximum absolute atomic E-state index is 12.7. The van der Waals surface area contributed by atoms with Crippen LogP contribution in [0.1, 0.15) is 44.7 Å². The second-order valence-electron chi connectivity index (χ2n) is 6.24. The van der Waals surface area contributed by atoms with Crippen LogP contribution in [-0.2, 0) is 9.59 Å². The lowest BCUT2D eigenvalue weighted by molar-refractivity contribution is -0.143. The highest BCUT2D eigenvalue weighted by Crippen LogP contribution is 2.46. The molecule has 4 heteroatoms. The Kier molecular flexibility index (Phi) is 3.91. The van der Waals surface area contributed by atoms with Gasteiger partial charge in [-0.1, -0.05) is 41.4 Å². The first-order valence-electron chi connectivity index (χ1n) is 7.65. The lowest BCUT2D eigenvalue weighted by Crippen LogP contribution is -2.34. The zero-order valence-corrected chi connectivity index (χ0v) is 14.0. The summed E-state index contributed by atoms with van der Waals surface area (Å²) in [6.07, 6.45) is 2.83. The molecule has 21 heavy (non-hydrogen) atoms. The van der Waals surface area contributed by atoms with Crippen molar-refractivity contribution in [2.24, 2.45) is 17.8 Å². The molecule has 1 aliphatic carbocycles. The number of carbonyl (C=O) groups excluding carboxylic acids is 2. The van der Waals surface area contributed by atoms with E-state index in [-0.39, 0.29) is 29.7 Å². The average molecular weight is 350 g/mol. The van der Waals surface area contributed by atoms with E-state index in [1.54, 1.807) is 0 Å². The number of rotatable bonds is 3. The molecule has 0 spiro atoms. The van der Waals surface area contributed by atoms with Crippen molar-refractivity contribution < 1.29 is 9.59 Å². The Labute approximate surface area is 133 Å². The molecule has 1 aromatic carbocycles. The largest absolute Gasteiger partial charge is 0.275 e. The van der Waals surface area contributed by atoms with E-state index in [9.17, 15) is 9.59 Å². The van der Waals surface area contributed by atoms with E-state index < -0.39 is 0 Å². The number of fused-ring (bicyclic) bond motifs is 1. The van der Waals surface area contributed by atoms with E-state index in [2.05, 4.69) is 22.9 Å². The van der Waals surface area contributed by atoms with Gasteiger partial charge in [0.05, 0.1) is 17.9 Å². The van der Waals surface area contributed by atoms with Crippen molar-refractivity contribution in [3.8, 4) is 0 Å². The second kappa shape index (κ2) is 5.56. The van der Waals surface area contributed by atoms with E-state index in [4.69, 9.17) is 0 Å². The minimum Gasteiger partial charge on any atom is -0.275 e. The molecular weight excluding hydrogens is 330 g/mol. The van der Waals surface area contributed by atoms with Crippen molar-refractivity contribution >= 4 is 27.7 Å². The molecule has 3 nitrogen and oxygen atoms in total. The number of carbonyl (C=O) groups is 2. The van der Waals surface area contributed by atoms with Gasteiger partial charge in [-0.05, 0) is 43.4 Å². The molecule has 3 atom stereocenters. The molecule has 1 saturated heterocycles. The molecule has 0 N–H and O–H groups in total. The molecule has 0 radical (unpaired) electrons. The highest BCUT2D eigenvalue weighted by Gasteiger charge is 2.53. The van der Waals surface area contributed by atoms with Gasteiger partial charge in [-0.3, -0.25) is 14.5 Å². The smallest absolute Gasteiger partial charge is 0.233 e. The number of hydrogen-bond donors (Lipinski definition) is 0. The van der Waals surface area contributed by atoms with Gasteiger partial charge in [-0.15, -0.1) is 0 Å². The van der Waals surface area contributed by atoms with Crippen LogP contribution in [0, 0.1) is 17.8 Å². The fourth-order valence-electron chi connectivity index (χ4n) is 3.79. The molecule has 1 heterocycles. The van der Waals surface area contributed by atoms with Gasteiger partial charge in [0, 0.05) is 4.47 Å². The second-order valence-corrected chi connectivity index (χ2v) is 7.15. The minimum absolute atomic E-state index is 0.0356. The number of likely N-dealkylation sites (tertiary alicyclic amines) is 1. The molecule has 3 rings (SSSR count). The van der Waals surface area contributed by atoms with Crippen molar-refractivity contribution in [2.75, 3.05) is 0 Å². The number of halogens is 1. The van der Waals surface area contributed by atoms with Crippen LogP contribution in [0.5, 0.6) is 0 Å². The Balaban J connectivity index is 1.84. The van der Waals surface area contributed by atoms with Crippen molar-refractivity contribution in [3.63, 3.8) is 0 Å². The highest BCUT2D eigenvalue weighted by molar-refractivity contribution is 9.10. The Hall–Kier alpha value is -1.16. The van der Waals surface area contributed by atoms with E-state index in [1.165, 1.54) is 4.90 Å². The number of nitrogens with zero attached hydrogens (tertiary/aromatic N) is 1. The Morgan fingerprint density at radius 1 is 1.24 bits per heavy atom. The van der Waals surface area contributed by atoms with Crippen LogP contribution >= 0.6 is 15.9 Å². The number of benzene rings is 1. The first-order valence-corrected chi connectivity index (χ1v) is 8.44. The highest BCUT2D eigenvalue weighted by atomic mass is 79.9. The summed E-state index contributed by atoms with van der Waals surface area (Å²) in [5.41, 5.74) is 0.998. The third-order valence-electron chi connectivity index (χ3n) is 5.07. The van der Waals surface area contributed by atoms with E-state index in [0.717, 1.165) is 29.3 Å². The predicted molar refractivity (Wildman–Crippen MR) is 84.4 cm³/mol. The third-order valence-corrected chi connectivity index (χ3v) is 5.56. The van der Waals surface area contributed by atoms with E-state index in [1.807, 2.05) is 31.2 Å². The van der Waals surface area contributed by atoms with Crippen LogP contribution in [0.25, 0.3) is 0 Å². The monoisotopic (exact) mass is 349 g/mol. The van der Waals surface area contributed by atoms with E-state index >= 15 is 0 Å². The number of hydrogen-bond acceptors (Lipinski definition) is 2. The van der Waals surface area contributed by atoms with Gasteiger partial charge in [0.25, 0.3) is 0 Å². The molecule has 1 saturated carbocycles. The first-order chi connectivity index (χ1) is 10.0. The molecule has 1 aliphatic heterocycles. The normalized spacial score (nSPS) is 29.9. The molecule has 112 valence electrons. The summed E-state index contributed by atoms with van der Waals surface area (Å²) in [6, 6.07) is 7.65. The van der Waals surface area contributed by atoms with Crippen LogP contribution in [0.4, 0.5) is 0 Å². The summed E-state index contributed by atoms with van der Waals surface area (Å²) in [5, 5.41) is 0. The topological polar surface area (TPSA) is 37.4 Å². The van der Waals surface area contributed by atoms with Crippen LogP contribution in [0.15, 0.2) is 28.7 Å². The lowest BCUT2D eigenvalue weighted by Gasteiger charge is -2.25. The van der Waals surface area contributed by atoms with Crippen molar-refractivity contribution in [1.82, 2.24) is 4.90 Å². The van der Waals surface area contributed by atoms with Crippen LogP contribution in [0.3, 0.4) is 0 Å². The number of amides is 2. The van der Waals surface area contributed by atoms with Gasteiger partial charge in [0.15, 0.2) is 0 Å². The maximum atomic E-state index is 12.7. The number of imide groups is 1. The summed E-state index contributed by atoms with van der Waals surface area (Å²) in [6.45, 7) is 4.08. The molecule has 0 aromatic heterocycles. The van der Waals surface area contributed by atoms with Gasteiger partial charge in [-0.25, -0.2) is 0 Å². The molecule has 2 fully saturated rings. The van der Waals surface area contributed by atoms with Gasteiger partial charge in [0.2, 0.25) is 11.8 Å². The molecular formula is C17H20BrNO2. The van der Waals surface area contributed by atoms with Gasteiger partial charge >= 0.3 is 0 Å². The van der Waals surface area contributed by atoms with Gasteiger partial charge in [0.1, 0.15) is 0 Å². The summed E-state index contributed by atoms with van der Waals surface area (Å²) in [7, 11) is 0. The van der Waals surface area contributed by atoms with Crippen LogP contribution < -0.4 is 0 Å². The standard InChI is InChI=1S/C17H20BrNO2/c1-3-11-7-14-15(8-11)17(21)19(16(14)20)10(2)12-5-4-6-13(18)9-12/h4-6,9-11,14-15H,3,7-8H2,1-2H3. The summed E-state index contributed by atoms with van der Waals surface area (Å²) in [4.78, 5) is 26.8. The third kappa shape index (κ3) is 2.44. The van der Waals surface area contributed by atoms with Crippen molar-refractivity contribution in [3.05, 3.63) is 34.3 Å².